The van der Waals surface area contributed by atoms with E-state index in [0.29, 0.717) is 28.3 Å². The summed E-state index contributed by atoms with van der Waals surface area (Å²) in [6, 6.07) is 7.02. The number of nitrogens with zero attached hydrogens (tertiary/aromatic N) is 3. The Hall–Kier alpha value is -1.99. The maximum absolute atomic E-state index is 10.5. The standard InChI is InChI=1S/C14H14ClN3O3S/c1-2-6-18-12(16-17-14(18)22-9-13(19)20)8-21-11-5-3-4-10(15)7-11/h2-5,7H,1,6,8-9H2,(H,19,20)/p-1. The molecule has 8 heteroatoms. The fourth-order valence-electron chi connectivity index (χ4n) is 1.67. The summed E-state index contributed by atoms with van der Waals surface area (Å²) in [7, 11) is 0. The molecule has 0 radical (unpaired) electrons. The van der Waals surface area contributed by atoms with Gasteiger partial charge in [-0.05, 0) is 18.2 Å². The van der Waals surface area contributed by atoms with E-state index in [2.05, 4.69) is 16.8 Å². The Morgan fingerprint density at radius 2 is 2.32 bits per heavy atom. The highest BCUT2D eigenvalue weighted by Crippen LogP contribution is 2.20. The van der Waals surface area contributed by atoms with Crippen LogP contribution in [0.1, 0.15) is 5.82 Å². The minimum absolute atomic E-state index is 0.188. The van der Waals surface area contributed by atoms with E-state index < -0.39 is 5.97 Å². The number of rotatable bonds is 8. The van der Waals surface area contributed by atoms with Crippen molar-refractivity contribution in [2.45, 2.75) is 18.3 Å². The lowest BCUT2D eigenvalue weighted by molar-refractivity contribution is -0.301. The lowest BCUT2D eigenvalue weighted by atomic mass is 10.3. The first-order chi connectivity index (χ1) is 10.6. The van der Waals surface area contributed by atoms with E-state index in [9.17, 15) is 9.90 Å². The summed E-state index contributed by atoms with van der Waals surface area (Å²) in [5, 5.41) is 19.6. The van der Waals surface area contributed by atoms with Gasteiger partial charge in [0.05, 0.1) is 5.97 Å². The molecule has 0 bridgehead atoms. The van der Waals surface area contributed by atoms with Crippen molar-refractivity contribution in [3.05, 3.63) is 47.8 Å². The Labute approximate surface area is 136 Å². The Balaban J connectivity index is 2.09. The highest BCUT2D eigenvalue weighted by atomic mass is 35.5. The third kappa shape index (κ3) is 4.51. The normalized spacial score (nSPS) is 10.4. The van der Waals surface area contributed by atoms with Crippen LogP contribution in [0.2, 0.25) is 5.02 Å². The monoisotopic (exact) mass is 338 g/mol. The average molecular weight is 339 g/mol. The van der Waals surface area contributed by atoms with Crippen molar-refractivity contribution in [3.8, 4) is 5.75 Å². The molecule has 2 rings (SSSR count). The second-order valence-electron chi connectivity index (χ2n) is 4.20. The average Bonchev–Trinajstić information content (AvgIpc) is 2.86. The number of allylic oxidation sites excluding steroid dienone is 1. The molecule has 116 valence electrons. The van der Waals surface area contributed by atoms with Crippen molar-refractivity contribution >= 4 is 29.3 Å². The molecule has 0 unspecified atom stereocenters. The molecule has 0 aliphatic heterocycles. The van der Waals surface area contributed by atoms with Gasteiger partial charge in [-0.3, -0.25) is 4.57 Å². The van der Waals surface area contributed by atoms with Gasteiger partial charge in [-0.25, -0.2) is 0 Å². The van der Waals surface area contributed by atoms with Crippen LogP contribution in [0.5, 0.6) is 5.75 Å². The number of carboxylic acid groups (broad SMARTS) is 1. The van der Waals surface area contributed by atoms with Gasteiger partial charge in [-0.1, -0.05) is 35.5 Å². The molecule has 6 nitrogen and oxygen atoms in total. The molecule has 0 spiro atoms. The Morgan fingerprint density at radius 1 is 1.50 bits per heavy atom. The van der Waals surface area contributed by atoms with E-state index in [-0.39, 0.29) is 12.4 Å². The van der Waals surface area contributed by atoms with Crippen molar-refractivity contribution in [1.29, 1.82) is 0 Å². The fourth-order valence-corrected chi connectivity index (χ4v) is 2.53. The summed E-state index contributed by atoms with van der Waals surface area (Å²) >= 11 is 6.93. The summed E-state index contributed by atoms with van der Waals surface area (Å²) in [5.41, 5.74) is 0. The number of aromatic nitrogens is 3. The smallest absolute Gasteiger partial charge is 0.191 e. The quantitative estimate of drug-likeness (QED) is 0.536. The summed E-state index contributed by atoms with van der Waals surface area (Å²) in [5.74, 6) is -0.162. The third-order valence-electron chi connectivity index (χ3n) is 2.59. The van der Waals surface area contributed by atoms with E-state index in [0.717, 1.165) is 11.8 Å². The first-order valence-electron chi connectivity index (χ1n) is 6.34. The molecule has 0 atom stereocenters. The van der Waals surface area contributed by atoms with Crippen LogP contribution in [0, 0.1) is 0 Å². The van der Waals surface area contributed by atoms with Gasteiger partial charge >= 0.3 is 0 Å². The second-order valence-corrected chi connectivity index (χ2v) is 5.58. The zero-order valence-corrected chi connectivity index (χ0v) is 13.1. The van der Waals surface area contributed by atoms with Gasteiger partial charge in [0.2, 0.25) is 0 Å². The van der Waals surface area contributed by atoms with Gasteiger partial charge in [-0.15, -0.1) is 16.8 Å². The molecule has 0 N–H and O–H groups in total. The van der Waals surface area contributed by atoms with Gasteiger partial charge in [0.15, 0.2) is 11.0 Å². The molecule has 1 heterocycles. The largest absolute Gasteiger partial charge is 0.549 e. The molecule has 1 aromatic heterocycles. The van der Waals surface area contributed by atoms with Crippen LogP contribution < -0.4 is 9.84 Å². The van der Waals surface area contributed by atoms with E-state index in [1.54, 1.807) is 34.9 Å². The molecule has 0 aliphatic rings. The van der Waals surface area contributed by atoms with Gasteiger partial charge in [-0.2, -0.15) is 0 Å². The van der Waals surface area contributed by atoms with Crippen molar-refractivity contribution in [2.24, 2.45) is 0 Å². The highest BCUT2D eigenvalue weighted by molar-refractivity contribution is 7.99. The molecule has 0 fully saturated rings. The van der Waals surface area contributed by atoms with Crippen LogP contribution in [-0.4, -0.2) is 26.5 Å². The van der Waals surface area contributed by atoms with Gasteiger partial charge < -0.3 is 14.6 Å². The number of thioether (sulfide) groups is 1. The second kappa shape index (κ2) is 7.86. The summed E-state index contributed by atoms with van der Waals surface area (Å²) in [4.78, 5) is 10.5. The number of carboxylic acids is 1. The number of carbonyl (C=O) groups excluding carboxylic acids is 1. The van der Waals surface area contributed by atoms with Gasteiger partial charge in [0.1, 0.15) is 12.4 Å². The molecule has 0 amide bonds. The van der Waals surface area contributed by atoms with Crippen LogP contribution in [0.25, 0.3) is 0 Å². The van der Waals surface area contributed by atoms with Crippen LogP contribution in [-0.2, 0) is 17.9 Å². The van der Waals surface area contributed by atoms with Crippen LogP contribution in [0.15, 0.2) is 42.1 Å². The number of benzene rings is 1. The number of ether oxygens (including phenoxy) is 1. The molecule has 22 heavy (non-hydrogen) atoms. The van der Waals surface area contributed by atoms with Crippen LogP contribution in [0.4, 0.5) is 0 Å². The number of hydrogen-bond donors (Lipinski definition) is 0. The minimum Gasteiger partial charge on any atom is -0.549 e. The van der Waals surface area contributed by atoms with Crippen molar-refractivity contribution in [1.82, 2.24) is 14.8 Å². The third-order valence-corrected chi connectivity index (χ3v) is 3.76. The predicted octanol–water partition coefficient (Wildman–Crippen LogP) is 1.54. The predicted molar refractivity (Wildman–Crippen MR) is 81.7 cm³/mol. The maximum Gasteiger partial charge on any atom is 0.191 e. The van der Waals surface area contributed by atoms with E-state index in [1.165, 1.54) is 0 Å². The van der Waals surface area contributed by atoms with E-state index in [4.69, 9.17) is 16.3 Å². The van der Waals surface area contributed by atoms with Crippen molar-refractivity contribution in [2.75, 3.05) is 5.75 Å². The Bertz CT molecular complexity index is 675. The summed E-state index contributed by atoms with van der Waals surface area (Å²) < 4.78 is 7.36. The fraction of sp³-hybridized carbons (Fsp3) is 0.214. The molecule has 0 saturated heterocycles. The van der Waals surface area contributed by atoms with E-state index in [1.807, 2.05) is 0 Å². The molecule has 2 aromatic rings. The van der Waals surface area contributed by atoms with Gasteiger partial charge in [0, 0.05) is 17.3 Å². The van der Waals surface area contributed by atoms with Crippen LogP contribution in [0.3, 0.4) is 0 Å². The van der Waals surface area contributed by atoms with Crippen molar-refractivity contribution < 1.29 is 14.6 Å². The van der Waals surface area contributed by atoms with E-state index >= 15 is 0 Å². The Kier molecular flexibility index (Phi) is 5.85. The molecular weight excluding hydrogens is 326 g/mol. The maximum atomic E-state index is 10.5. The SMILES string of the molecule is C=CCn1c(COc2cccc(Cl)c2)nnc1SCC(=O)[O-]. The first-order valence-corrected chi connectivity index (χ1v) is 7.70. The van der Waals surface area contributed by atoms with Gasteiger partial charge in [0.25, 0.3) is 0 Å². The topological polar surface area (TPSA) is 80.1 Å². The molecule has 0 aliphatic carbocycles. The molecular formula is C14H13ClN3O3S-. The number of hydrogen-bond acceptors (Lipinski definition) is 6. The number of carbonyl (C=O) groups is 1. The zero-order valence-electron chi connectivity index (χ0n) is 11.6. The number of aliphatic carboxylic acids is 1. The minimum atomic E-state index is -1.16. The Morgan fingerprint density at radius 3 is 3.00 bits per heavy atom. The summed E-state index contributed by atoms with van der Waals surface area (Å²) in [6.45, 7) is 4.31. The zero-order chi connectivity index (χ0) is 15.9. The molecule has 0 saturated carbocycles. The lowest BCUT2D eigenvalue weighted by Gasteiger charge is -2.09. The number of halogens is 1. The first kappa shape index (κ1) is 16.4. The lowest BCUT2D eigenvalue weighted by Crippen LogP contribution is -2.24. The molecule has 1 aromatic carbocycles. The van der Waals surface area contributed by atoms with Crippen molar-refractivity contribution in [3.63, 3.8) is 0 Å². The summed E-state index contributed by atoms with van der Waals surface area (Å²) in [6.07, 6.45) is 1.68. The highest BCUT2D eigenvalue weighted by Gasteiger charge is 2.12. The van der Waals surface area contributed by atoms with Crippen LogP contribution >= 0.6 is 23.4 Å².